The molecular weight excluding hydrogens is 392 g/mol. The standard InChI is InChI=1S/C23H22N6O2/c30-21(27-13-11-26(12-14-27)18-7-3-1-4-8-18)16-28-17-24-22-20(23(28)31)15-25-29(22)19-9-5-2-6-10-19/h1-10,15,17H,11-14,16H2. The van der Waals surface area contributed by atoms with E-state index in [1.807, 2.05) is 53.4 Å². The number of aromatic nitrogens is 4. The fourth-order valence-electron chi connectivity index (χ4n) is 3.92. The first-order chi connectivity index (χ1) is 15.2. The fraction of sp³-hybridized carbons (Fsp3) is 0.217. The molecule has 1 saturated heterocycles. The zero-order valence-corrected chi connectivity index (χ0v) is 17.0. The van der Waals surface area contributed by atoms with E-state index in [0.717, 1.165) is 24.5 Å². The van der Waals surface area contributed by atoms with Crippen LogP contribution in [0, 0.1) is 0 Å². The van der Waals surface area contributed by atoms with Gasteiger partial charge in [0.15, 0.2) is 5.65 Å². The Kier molecular flexibility index (Phi) is 4.95. The lowest BCUT2D eigenvalue weighted by atomic mass is 10.2. The average Bonchev–Trinajstić information content (AvgIpc) is 3.27. The number of hydrogen-bond acceptors (Lipinski definition) is 5. The molecule has 1 amide bonds. The maximum absolute atomic E-state index is 12.9. The van der Waals surface area contributed by atoms with Crippen molar-refractivity contribution in [1.29, 1.82) is 0 Å². The highest BCUT2D eigenvalue weighted by Crippen LogP contribution is 2.16. The summed E-state index contributed by atoms with van der Waals surface area (Å²) in [5, 5.41) is 4.71. The molecule has 31 heavy (non-hydrogen) atoms. The van der Waals surface area contributed by atoms with E-state index in [0.29, 0.717) is 24.1 Å². The molecule has 8 heteroatoms. The van der Waals surface area contributed by atoms with E-state index in [1.54, 1.807) is 4.68 Å². The maximum Gasteiger partial charge on any atom is 0.264 e. The third-order valence-corrected chi connectivity index (χ3v) is 5.61. The minimum Gasteiger partial charge on any atom is -0.368 e. The Balaban J connectivity index is 1.30. The van der Waals surface area contributed by atoms with Gasteiger partial charge in [-0.3, -0.25) is 14.2 Å². The predicted octanol–water partition coefficient (Wildman–Crippen LogP) is 1.93. The highest BCUT2D eigenvalue weighted by Gasteiger charge is 2.22. The lowest BCUT2D eigenvalue weighted by Crippen LogP contribution is -2.50. The molecule has 0 aliphatic carbocycles. The number of carbonyl (C=O) groups is 1. The third kappa shape index (κ3) is 3.68. The summed E-state index contributed by atoms with van der Waals surface area (Å²) in [5.41, 5.74) is 2.21. The number of fused-ring (bicyclic) bond motifs is 1. The number of anilines is 1. The number of hydrogen-bond donors (Lipinski definition) is 0. The summed E-state index contributed by atoms with van der Waals surface area (Å²) in [6.07, 6.45) is 2.95. The van der Waals surface area contributed by atoms with Crippen LogP contribution < -0.4 is 10.5 Å². The zero-order valence-electron chi connectivity index (χ0n) is 17.0. The first kappa shape index (κ1) is 19.0. The predicted molar refractivity (Wildman–Crippen MR) is 118 cm³/mol. The zero-order chi connectivity index (χ0) is 21.2. The van der Waals surface area contributed by atoms with Gasteiger partial charge < -0.3 is 9.80 Å². The summed E-state index contributed by atoms with van der Waals surface area (Å²) in [7, 11) is 0. The largest absolute Gasteiger partial charge is 0.368 e. The molecule has 3 heterocycles. The number of rotatable bonds is 4. The molecule has 2 aromatic heterocycles. The lowest BCUT2D eigenvalue weighted by Gasteiger charge is -2.36. The van der Waals surface area contributed by atoms with E-state index in [-0.39, 0.29) is 18.0 Å². The van der Waals surface area contributed by atoms with Crippen LogP contribution in [0.15, 0.2) is 78.0 Å². The van der Waals surface area contributed by atoms with E-state index < -0.39 is 0 Å². The van der Waals surface area contributed by atoms with Gasteiger partial charge >= 0.3 is 0 Å². The number of nitrogens with zero attached hydrogens (tertiary/aromatic N) is 6. The van der Waals surface area contributed by atoms with Crippen molar-refractivity contribution in [3.63, 3.8) is 0 Å². The molecule has 0 atom stereocenters. The Morgan fingerprint density at radius 1 is 0.871 bits per heavy atom. The number of piperazine rings is 1. The van der Waals surface area contributed by atoms with Crippen molar-refractivity contribution in [3.05, 3.63) is 83.5 Å². The van der Waals surface area contributed by atoms with Crippen LogP contribution in [0.3, 0.4) is 0 Å². The Morgan fingerprint density at radius 3 is 2.19 bits per heavy atom. The second-order valence-electron chi connectivity index (χ2n) is 7.51. The Labute approximate surface area is 179 Å². The molecular formula is C23H22N6O2. The maximum atomic E-state index is 12.9. The van der Waals surface area contributed by atoms with Gasteiger partial charge in [-0.2, -0.15) is 5.10 Å². The fourth-order valence-corrected chi connectivity index (χ4v) is 3.92. The van der Waals surface area contributed by atoms with Crippen LogP contribution in [0.1, 0.15) is 0 Å². The molecule has 0 bridgehead atoms. The molecule has 0 radical (unpaired) electrons. The van der Waals surface area contributed by atoms with Gasteiger partial charge in [-0.05, 0) is 24.3 Å². The third-order valence-electron chi connectivity index (χ3n) is 5.61. The van der Waals surface area contributed by atoms with E-state index >= 15 is 0 Å². The minimum atomic E-state index is -0.261. The topological polar surface area (TPSA) is 76.3 Å². The van der Waals surface area contributed by atoms with Crippen molar-refractivity contribution >= 4 is 22.6 Å². The average molecular weight is 414 g/mol. The second-order valence-corrected chi connectivity index (χ2v) is 7.51. The molecule has 8 nitrogen and oxygen atoms in total. The van der Waals surface area contributed by atoms with Gasteiger partial charge in [0, 0.05) is 31.9 Å². The monoisotopic (exact) mass is 414 g/mol. The van der Waals surface area contributed by atoms with Crippen LogP contribution in [-0.2, 0) is 11.3 Å². The molecule has 2 aromatic carbocycles. The van der Waals surface area contributed by atoms with E-state index in [2.05, 4.69) is 27.1 Å². The van der Waals surface area contributed by atoms with Crippen molar-refractivity contribution < 1.29 is 4.79 Å². The Bertz CT molecular complexity index is 1260. The summed E-state index contributed by atoms with van der Waals surface area (Å²) >= 11 is 0. The van der Waals surface area contributed by atoms with E-state index in [1.165, 1.54) is 17.1 Å². The van der Waals surface area contributed by atoms with Gasteiger partial charge in [-0.15, -0.1) is 0 Å². The molecule has 0 unspecified atom stereocenters. The molecule has 5 rings (SSSR count). The highest BCUT2D eigenvalue weighted by molar-refractivity contribution is 5.78. The molecule has 0 N–H and O–H groups in total. The van der Waals surface area contributed by atoms with Crippen molar-refractivity contribution in [1.82, 2.24) is 24.2 Å². The van der Waals surface area contributed by atoms with Gasteiger partial charge in [0.25, 0.3) is 5.56 Å². The van der Waals surface area contributed by atoms with Gasteiger partial charge in [-0.25, -0.2) is 9.67 Å². The number of para-hydroxylation sites is 2. The Hall–Kier alpha value is -3.94. The number of carbonyl (C=O) groups excluding carboxylic acids is 1. The Morgan fingerprint density at radius 2 is 1.52 bits per heavy atom. The van der Waals surface area contributed by atoms with Crippen molar-refractivity contribution in [2.75, 3.05) is 31.1 Å². The SMILES string of the molecule is O=C(Cn1cnc2c(cnn2-c2ccccc2)c1=O)N1CCN(c2ccccc2)CC1. The lowest BCUT2D eigenvalue weighted by molar-refractivity contribution is -0.132. The first-order valence-electron chi connectivity index (χ1n) is 10.3. The van der Waals surface area contributed by atoms with Crippen molar-refractivity contribution in [3.8, 4) is 5.69 Å². The quantitative estimate of drug-likeness (QED) is 0.510. The smallest absolute Gasteiger partial charge is 0.264 e. The molecule has 156 valence electrons. The van der Waals surface area contributed by atoms with Gasteiger partial charge in [0.2, 0.25) is 5.91 Å². The minimum absolute atomic E-state index is 0.0242. The van der Waals surface area contributed by atoms with Crippen LogP contribution in [0.5, 0.6) is 0 Å². The first-order valence-corrected chi connectivity index (χ1v) is 10.3. The van der Waals surface area contributed by atoms with Crippen molar-refractivity contribution in [2.45, 2.75) is 6.54 Å². The summed E-state index contributed by atoms with van der Waals surface area (Å²) in [5.74, 6) is -0.0774. The van der Waals surface area contributed by atoms with Crippen LogP contribution in [0.4, 0.5) is 5.69 Å². The molecule has 0 spiro atoms. The van der Waals surface area contributed by atoms with Crippen LogP contribution in [-0.4, -0.2) is 56.3 Å². The summed E-state index contributed by atoms with van der Waals surface area (Å²) in [4.78, 5) is 34.2. The van der Waals surface area contributed by atoms with Crippen molar-refractivity contribution in [2.24, 2.45) is 0 Å². The summed E-state index contributed by atoms with van der Waals surface area (Å²) in [6, 6.07) is 19.7. The van der Waals surface area contributed by atoms with Crippen LogP contribution >= 0.6 is 0 Å². The van der Waals surface area contributed by atoms with E-state index in [4.69, 9.17) is 0 Å². The normalized spacial score (nSPS) is 14.2. The van der Waals surface area contributed by atoms with E-state index in [9.17, 15) is 9.59 Å². The molecule has 0 saturated carbocycles. The molecule has 1 aliphatic rings. The number of amides is 1. The molecule has 4 aromatic rings. The van der Waals surface area contributed by atoms with Crippen LogP contribution in [0.25, 0.3) is 16.7 Å². The van der Waals surface area contributed by atoms with Gasteiger partial charge in [-0.1, -0.05) is 36.4 Å². The molecule has 1 fully saturated rings. The number of benzene rings is 2. The molecule has 1 aliphatic heterocycles. The highest BCUT2D eigenvalue weighted by atomic mass is 16.2. The summed E-state index contributed by atoms with van der Waals surface area (Å²) < 4.78 is 3.00. The van der Waals surface area contributed by atoms with Crippen LogP contribution in [0.2, 0.25) is 0 Å². The van der Waals surface area contributed by atoms with Gasteiger partial charge in [0.05, 0.1) is 11.9 Å². The second kappa shape index (κ2) is 8.06. The van der Waals surface area contributed by atoms with Gasteiger partial charge in [0.1, 0.15) is 18.3 Å². The summed E-state index contributed by atoms with van der Waals surface area (Å²) in [6.45, 7) is 2.77.